The molecule has 0 unspecified atom stereocenters. The maximum Gasteiger partial charge on any atom is 0.179 e. The number of hydrogen-bond donors (Lipinski definition) is 0. The minimum absolute atomic E-state index is 0.0191. The third-order valence-corrected chi connectivity index (χ3v) is 3.74. The molecule has 0 amide bonds. The lowest BCUT2D eigenvalue weighted by Crippen LogP contribution is -2.06. The Hall–Kier alpha value is -1.25. The zero-order chi connectivity index (χ0) is 14.0. The van der Waals surface area contributed by atoms with Crippen LogP contribution in [0.1, 0.15) is 27.3 Å². The van der Waals surface area contributed by atoms with Crippen LogP contribution in [0.5, 0.6) is 0 Å². The minimum Gasteiger partial charge on any atom is -0.344 e. The fourth-order valence-electron chi connectivity index (χ4n) is 2.17. The molecule has 0 fully saturated rings. The van der Waals surface area contributed by atoms with Crippen molar-refractivity contribution in [3.05, 3.63) is 57.9 Å². The summed E-state index contributed by atoms with van der Waals surface area (Å²) in [6.45, 7) is 4.67. The number of aryl methyl sites for hydroxylation is 1. The predicted molar refractivity (Wildman–Crippen MR) is 79.5 cm³/mol. The Labute approximate surface area is 123 Å². The Morgan fingerprint density at radius 2 is 1.84 bits per heavy atom. The quantitative estimate of drug-likeness (QED) is 0.611. The molecule has 100 valence electrons. The van der Waals surface area contributed by atoms with E-state index in [0.717, 1.165) is 28.5 Å². The number of nitrogens with zero attached hydrogens (tertiary/aromatic N) is 1. The second kappa shape index (κ2) is 5.81. The van der Waals surface area contributed by atoms with Gasteiger partial charge in [-0.15, -0.1) is 11.6 Å². The Bertz CT molecular complexity index is 599. The van der Waals surface area contributed by atoms with Gasteiger partial charge >= 0.3 is 0 Å². The van der Waals surface area contributed by atoms with Crippen molar-refractivity contribution in [2.75, 3.05) is 5.88 Å². The van der Waals surface area contributed by atoms with Crippen molar-refractivity contribution in [3.63, 3.8) is 0 Å². The van der Waals surface area contributed by atoms with Gasteiger partial charge in [-0.2, -0.15) is 0 Å². The van der Waals surface area contributed by atoms with Crippen LogP contribution in [0.25, 0.3) is 0 Å². The zero-order valence-corrected chi connectivity index (χ0v) is 12.4. The normalized spacial score (nSPS) is 10.7. The SMILES string of the molecule is Cc1cc(C(=O)CCl)c(C)n1Cc1ccc(Cl)cc1. The van der Waals surface area contributed by atoms with Crippen molar-refractivity contribution in [2.45, 2.75) is 20.4 Å². The first-order valence-electron chi connectivity index (χ1n) is 6.03. The molecule has 0 bridgehead atoms. The zero-order valence-electron chi connectivity index (χ0n) is 10.9. The van der Waals surface area contributed by atoms with Gasteiger partial charge in [-0.3, -0.25) is 4.79 Å². The number of Topliss-reactive ketones (excluding diaryl/α,β-unsaturated/α-hetero) is 1. The van der Waals surface area contributed by atoms with Crippen LogP contribution in [0.2, 0.25) is 5.02 Å². The van der Waals surface area contributed by atoms with Crippen molar-refractivity contribution >= 4 is 29.0 Å². The van der Waals surface area contributed by atoms with Crippen molar-refractivity contribution in [2.24, 2.45) is 0 Å². The van der Waals surface area contributed by atoms with E-state index in [1.165, 1.54) is 0 Å². The summed E-state index contributed by atoms with van der Waals surface area (Å²) in [7, 11) is 0. The first-order chi connectivity index (χ1) is 9.02. The van der Waals surface area contributed by atoms with Crippen LogP contribution in [-0.2, 0) is 6.54 Å². The number of halogens is 2. The number of ketones is 1. The average Bonchev–Trinajstić information content (AvgIpc) is 2.68. The Morgan fingerprint density at radius 3 is 2.42 bits per heavy atom. The average molecular weight is 296 g/mol. The fraction of sp³-hybridized carbons (Fsp3) is 0.267. The van der Waals surface area contributed by atoms with Gasteiger partial charge in [0.05, 0.1) is 5.88 Å². The number of alkyl halides is 1. The lowest BCUT2D eigenvalue weighted by atomic mass is 10.2. The Balaban J connectivity index is 2.33. The summed E-state index contributed by atoms with van der Waals surface area (Å²) in [6, 6.07) is 9.62. The van der Waals surface area contributed by atoms with Gasteiger partial charge in [0.15, 0.2) is 5.78 Å². The monoisotopic (exact) mass is 295 g/mol. The van der Waals surface area contributed by atoms with Gasteiger partial charge in [0, 0.05) is 28.5 Å². The molecule has 0 aliphatic rings. The molecule has 19 heavy (non-hydrogen) atoms. The highest BCUT2D eigenvalue weighted by molar-refractivity contribution is 6.30. The predicted octanol–water partition coefficient (Wildman–Crippen LogP) is 4.23. The van der Waals surface area contributed by atoms with E-state index in [9.17, 15) is 4.79 Å². The van der Waals surface area contributed by atoms with Crippen molar-refractivity contribution in [1.29, 1.82) is 0 Å². The van der Waals surface area contributed by atoms with Gasteiger partial charge in [-0.25, -0.2) is 0 Å². The van der Waals surface area contributed by atoms with Crippen molar-refractivity contribution in [1.82, 2.24) is 4.57 Å². The van der Waals surface area contributed by atoms with Crippen molar-refractivity contribution < 1.29 is 4.79 Å². The molecule has 0 N–H and O–H groups in total. The fourth-order valence-corrected chi connectivity index (χ4v) is 2.44. The number of carbonyl (C=O) groups is 1. The topological polar surface area (TPSA) is 22.0 Å². The molecule has 0 saturated heterocycles. The van der Waals surface area contributed by atoms with Gasteiger partial charge in [-0.05, 0) is 37.6 Å². The Morgan fingerprint density at radius 1 is 1.21 bits per heavy atom. The molecule has 0 aliphatic heterocycles. The molecule has 1 aromatic heterocycles. The lowest BCUT2D eigenvalue weighted by molar-refractivity contribution is 0.102. The van der Waals surface area contributed by atoms with Crippen LogP contribution in [0.4, 0.5) is 0 Å². The van der Waals surface area contributed by atoms with E-state index in [1.807, 2.05) is 44.2 Å². The highest BCUT2D eigenvalue weighted by Gasteiger charge is 2.14. The highest BCUT2D eigenvalue weighted by Crippen LogP contribution is 2.19. The summed E-state index contributed by atoms with van der Waals surface area (Å²) in [5.74, 6) is -0.0114. The molecular weight excluding hydrogens is 281 g/mol. The molecule has 2 nitrogen and oxygen atoms in total. The second-order valence-electron chi connectivity index (χ2n) is 4.55. The molecule has 2 aromatic rings. The number of aromatic nitrogens is 1. The molecule has 1 aromatic carbocycles. The molecule has 0 radical (unpaired) electrons. The molecule has 1 heterocycles. The molecule has 4 heteroatoms. The number of rotatable bonds is 4. The van der Waals surface area contributed by atoms with E-state index in [2.05, 4.69) is 4.57 Å². The molecule has 2 rings (SSSR count). The highest BCUT2D eigenvalue weighted by atomic mass is 35.5. The number of hydrogen-bond acceptors (Lipinski definition) is 1. The summed E-state index contributed by atoms with van der Waals surface area (Å²) >= 11 is 11.5. The summed E-state index contributed by atoms with van der Waals surface area (Å²) in [5.41, 5.74) is 3.87. The Kier molecular flexibility index (Phi) is 4.33. The molecule has 0 saturated carbocycles. The smallest absolute Gasteiger partial charge is 0.179 e. The van der Waals surface area contributed by atoms with Crippen LogP contribution < -0.4 is 0 Å². The number of carbonyl (C=O) groups excluding carboxylic acids is 1. The van der Waals surface area contributed by atoms with Crippen LogP contribution in [0.15, 0.2) is 30.3 Å². The van der Waals surface area contributed by atoms with Crippen molar-refractivity contribution in [3.8, 4) is 0 Å². The van der Waals surface area contributed by atoms with Gasteiger partial charge < -0.3 is 4.57 Å². The largest absolute Gasteiger partial charge is 0.344 e. The van der Waals surface area contributed by atoms with E-state index in [1.54, 1.807) is 0 Å². The van der Waals surface area contributed by atoms with Crippen LogP contribution >= 0.6 is 23.2 Å². The van der Waals surface area contributed by atoms with Crippen LogP contribution in [0, 0.1) is 13.8 Å². The minimum atomic E-state index is -0.0304. The van der Waals surface area contributed by atoms with E-state index >= 15 is 0 Å². The van der Waals surface area contributed by atoms with E-state index in [-0.39, 0.29) is 11.7 Å². The van der Waals surface area contributed by atoms with Gasteiger partial charge in [0.25, 0.3) is 0 Å². The maximum atomic E-state index is 11.7. The lowest BCUT2D eigenvalue weighted by Gasteiger charge is -2.10. The van der Waals surface area contributed by atoms with Crippen LogP contribution in [-0.4, -0.2) is 16.2 Å². The third-order valence-electron chi connectivity index (χ3n) is 3.25. The van der Waals surface area contributed by atoms with Gasteiger partial charge in [0.2, 0.25) is 0 Å². The first-order valence-corrected chi connectivity index (χ1v) is 6.94. The summed E-state index contributed by atoms with van der Waals surface area (Å²) in [5, 5.41) is 0.725. The standard InChI is InChI=1S/C15H15Cl2NO/c1-10-7-14(15(19)8-16)11(2)18(10)9-12-3-5-13(17)6-4-12/h3-7H,8-9H2,1-2H3. The van der Waals surface area contributed by atoms with E-state index in [4.69, 9.17) is 23.2 Å². The van der Waals surface area contributed by atoms with Gasteiger partial charge in [-0.1, -0.05) is 23.7 Å². The van der Waals surface area contributed by atoms with Gasteiger partial charge in [0.1, 0.15) is 0 Å². The summed E-state index contributed by atoms with van der Waals surface area (Å²) in [4.78, 5) is 11.7. The summed E-state index contributed by atoms with van der Waals surface area (Å²) in [6.07, 6.45) is 0. The van der Waals surface area contributed by atoms with E-state index < -0.39 is 0 Å². The molecule has 0 aliphatic carbocycles. The summed E-state index contributed by atoms with van der Waals surface area (Å²) < 4.78 is 2.11. The third kappa shape index (κ3) is 3.02. The first kappa shape index (κ1) is 14.2. The second-order valence-corrected chi connectivity index (χ2v) is 5.26. The molecule has 0 atom stereocenters. The number of benzene rings is 1. The van der Waals surface area contributed by atoms with Crippen LogP contribution in [0.3, 0.4) is 0 Å². The molecule has 0 spiro atoms. The maximum absolute atomic E-state index is 11.7. The molecular formula is C15H15Cl2NO. The van der Waals surface area contributed by atoms with E-state index in [0.29, 0.717) is 5.56 Å².